The van der Waals surface area contributed by atoms with Crippen molar-refractivity contribution in [2.75, 3.05) is 18.9 Å². The average molecular weight is 355 g/mol. The summed E-state index contributed by atoms with van der Waals surface area (Å²) in [6.45, 7) is 3.72. The van der Waals surface area contributed by atoms with Crippen LogP contribution in [0.5, 0.6) is 0 Å². The molecule has 0 spiro atoms. The molecule has 1 aromatic rings. The molecule has 6 nitrogen and oxygen atoms in total. The van der Waals surface area contributed by atoms with Gasteiger partial charge in [0.2, 0.25) is 0 Å². The Morgan fingerprint density at radius 2 is 1.79 bits per heavy atom. The van der Waals surface area contributed by atoms with Crippen LogP contribution in [0.15, 0.2) is 29.2 Å². The predicted molar refractivity (Wildman–Crippen MR) is 91.6 cm³/mol. The van der Waals surface area contributed by atoms with Gasteiger partial charge in [-0.3, -0.25) is 4.79 Å². The number of sulfone groups is 1. The van der Waals surface area contributed by atoms with E-state index >= 15 is 0 Å². The monoisotopic (exact) mass is 355 g/mol. The second kappa shape index (κ2) is 10.1. The number of nitrogens with one attached hydrogen (secondary N) is 1. The molecular weight excluding hydrogens is 330 g/mol. The molecule has 1 rings (SSSR count). The van der Waals surface area contributed by atoms with Gasteiger partial charge in [-0.15, -0.1) is 0 Å². The Morgan fingerprint density at radius 1 is 1.08 bits per heavy atom. The van der Waals surface area contributed by atoms with Crippen LogP contribution in [0, 0.1) is 0 Å². The van der Waals surface area contributed by atoms with Gasteiger partial charge in [0.15, 0.2) is 16.4 Å². The summed E-state index contributed by atoms with van der Waals surface area (Å²) >= 11 is 0. The molecular formula is C17H25NO5S. The number of ether oxygens (including phenoxy) is 1. The summed E-state index contributed by atoms with van der Waals surface area (Å²) in [5.74, 6) is -1.32. The van der Waals surface area contributed by atoms with Gasteiger partial charge in [0.1, 0.15) is 0 Å². The molecule has 0 aliphatic carbocycles. The van der Waals surface area contributed by atoms with Gasteiger partial charge >= 0.3 is 5.97 Å². The van der Waals surface area contributed by atoms with Crippen molar-refractivity contribution in [3.63, 3.8) is 0 Å². The molecule has 0 aliphatic rings. The van der Waals surface area contributed by atoms with Gasteiger partial charge < -0.3 is 10.1 Å². The van der Waals surface area contributed by atoms with Crippen molar-refractivity contribution in [1.82, 2.24) is 5.32 Å². The molecule has 1 amide bonds. The molecule has 0 heterocycles. The molecule has 0 bridgehead atoms. The largest absolute Gasteiger partial charge is 0.452 e. The predicted octanol–water partition coefficient (Wildman–Crippen LogP) is 2.33. The molecule has 24 heavy (non-hydrogen) atoms. The first-order chi connectivity index (χ1) is 11.4. The number of esters is 1. The lowest BCUT2D eigenvalue weighted by Crippen LogP contribution is -2.29. The van der Waals surface area contributed by atoms with Crippen LogP contribution in [-0.4, -0.2) is 39.2 Å². The highest BCUT2D eigenvalue weighted by Gasteiger charge is 2.21. The molecule has 0 aromatic heterocycles. The quantitative estimate of drug-likeness (QED) is 0.514. The summed E-state index contributed by atoms with van der Waals surface area (Å²) in [4.78, 5) is 23.7. The normalized spacial score (nSPS) is 11.1. The minimum Gasteiger partial charge on any atom is -0.452 e. The first kappa shape index (κ1) is 20.2. The number of carbonyl (C=O) groups excluding carboxylic acids is 2. The topological polar surface area (TPSA) is 89.5 Å². The van der Waals surface area contributed by atoms with Crippen LogP contribution in [0.2, 0.25) is 0 Å². The molecule has 7 heteroatoms. The zero-order chi connectivity index (χ0) is 18.0. The first-order valence-electron chi connectivity index (χ1n) is 8.18. The van der Waals surface area contributed by atoms with E-state index in [1.54, 1.807) is 12.1 Å². The van der Waals surface area contributed by atoms with Crippen LogP contribution in [0.4, 0.5) is 0 Å². The van der Waals surface area contributed by atoms with E-state index < -0.39 is 28.3 Å². The summed E-state index contributed by atoms with van der Waals surface area (Å²) in [5, 5.41) is 2.67. The third kappa shape index (κ3) is 6.31. The van der Waals surface area contributed by atoms with E-state index in [9.17, 15) is 18.0 Å². The number of unbranched alkanes of at least 4 members (excludes halogenated alkanes) is 3. The number of rotatable bonds is 10. The average Bonchev–Trinajstić information content (AvgIpc) is 2.59. The van der Waals surface area contributed by atoms with Gasteiger partial charge in [0.25, 0.3) is 5.91 Å². The lowest BCUT2D eigenvalue weighted by Gasteiger charge is -2.09. The summed E-state index contributed by atoms with van der Waals surface area (Å²) in [5.41, 5.74) is -0.0462. The second-order valence-corrected chi connectivity index (χ2v) is 7.63. The third-order valence-electron chi connectivity index (χ3n) is 3.51. The lowest BCUT2D eigenvalue weighted by molar-refractivity contribution is -0.124. The number of hydrogen-bond donors (Lipinski definition) is 1. The fourth-order valence-corrected chi connectivity index (χ4v) is 3.18. The van der Waals surface area contributed by atoms with Gasteiger partial charge in [-0.25, -0.2) is 13.2 Å². The Morgan fingerprint density at radius 3 is 2.46 bits per heavy atom. The molecule has 0 radical (unpaired) electrons. The van der Waals surface area contributed by atoms with Gasteiger partial charge in [-0.2, -0.15) is 0 Å². The Balaban J connectivity index is 2.56. The lowest BCUT2D eigenvalue weighted by atomic mass is 10.2. The summed E-state index contributed by atoms with van der Waals surface area (Å²) in [6.07, 6.45) is 4.16. The standard InChI is InChI=1S/C17H25NO5S/c1-3-5-6-9-12-18-16(19)13-23-17(20)14-10-7-8-11-15(14)24(21,22)4-2/h7-8,10-11H,3-6,9,12-13H2,1-2H3,(H,18,19). The Kier molecular flexibility index (Phi) is 8.46. The molecule has 0 aliphatic heterocycles. The number of benzene rings is 1. The van der Waals surface area contributed by atoms with Crippen molar-refractivity contribution in [3.8, 4) is 0 Å². The molecule has 0 unspecified atom stereocenters. The van der Waals surface area contributed by atoms with Crippen molar-refractivity contribution < 1.29 is 22.7 Å². The van der Waals surface area contributed by atoms with Gasteiger partial charge in [0.05, 0.1) is 16.2 Å². The Labute approximate surface area is 143 Å². The van der Waals surface area contributed by atoms with E-state index in [-0.39, 0.29) is 16.2 Å². The van der Waals surface area contributed by atoms with Gasteiger partial charge in [-0.1, -0.05) is 45.2 Å². The summed E-state index contributed by atoms with van der Waals surface area (Å²) < 4.78 is 28.9. The van der Waals surface area contributed by atoms with Gasteiger partial charge in [0, 0.05) is 6.54 Å². The molecule has 1 aromatic carbocycles. The molecule has 134 valence electrons. The van der Waals surface area contributed by atoms with E-state index in [0.29, 0.717) is 6.54 Å². The van der Waals surface area contributed by atoms with E-state index in [1.807, 2.05) is 0 Å². The van der Waals surface area contributed by atoms with Crippen molar-refractivity contribution in [2.24, 2.45) is 0 Å². The number of carbonyl (C=O) groups is 2. The van der Waals surface area contributed by atoms with Crippen molar-refractivity contribution in [2.45, 2.75) is 44.4 Å². The highest BCUT2D eigenvalue weighted by atomic mass is 32.2. The van der Waals surface area contributed by atoms with Crippen LogP contribution in [-0.2, 0) is 19.4 Å². The number of hydrogen-bond acceptors (Lipinski definition) is 5. The van der Waals surface area contributed by atoms with E-state index in [0.717, 1.165) is 25.7 Å². The highest BCUT2D eigenvalue weighted by molar-refractivity contribution is 7.91. The molecule has 1 N–H and O–H groups in total. The maximum atomic E-state index is 12.1. The first-order valence-corrected chi connectivity index (χ1v) is 9.83. The zero-order valence-electron chi connectivity index (χ0n) is 14.2. The maximum Gasteiger partial charge on any atom is 0.339 e. The Bertz CT molecular complexity index is 655. The fraction of sp³-hybridized carbons (Fsp3) is 0.529. The summed E-state index contributed by atoms with van der Waals surface area (Å²) in [6, 6.07) is 5.85. The van der Waals surface area contributed by atoms with Crippen LogP contribution in [0.3, 0.4) is 0 Å². The molecule has 0 saturated carbocycles. The second-order valence-electron chi connectivity index (χ2n) is 5.39. The van der Waals surface area contributed by atoms with Crippen LogP contribution >= 0.6 is 0 Å². The molecule has 0 atom stereocenters. The highest BCUT2D eigenvalue weighted by Crippen LogP contribution is 2.17. The maximum absolute atomic E-state index is 12.1. The minimum atomic E-state index is -3.54. The van der Waals surface area contributed by atoms with E-state index in [2.05, 4.69) is 12.2 Å². The van der Waals surface area contributed by atoms with Crippen LogP contribution < -0.4 is 5.32 Å². The van der Waals surface area contributed by atoms with Crippen molar-refractivity contribution >= 4 is 21.7 Å². The van der Waals surface area contributed by atoms with Crippen molar-refractivity contribution in [3.05, 3.63) is 29.8 Å². The zero-order valence-corrected chi connectivity index (χ0v) is 15.0. The van der Waals surface area contributed by atoms with Gasteiger partial charge in [-0.05, 0) is 18.6 Å². The minimum absolute atomic E-state index is 0.0462. The SMILES string of the molecule is CCCCCCNC(=O)COC(=O)c1ccccc1S(=O)(=O)CC. The molecule has 0 fully saturated rings. The van der Waals surface area contributed by atoms with E-state index in [4.69, 9.17) is 4.74 Å². The smallest absolute Gasteiger partial charge is 0.339 e. The van der Waals surface area contributed by atoms with E-state index in [1.165, 1.54) is 19.1 Å². The third-order valence-corrected chi connectivity index (χ3v) is 5.30. The molecule has 0 saturated heterocycles. The Hall–Kier alpha value is -1.89. The summed E-state index contributed by atoms with van der Waals surface area (Å²) in [7, 11) is -3.54. The fourth-order valence-electron chi connectivity index (χ4n) is 2.10. The number of amides is 1. The van der Waals surface area contributed by atoms with Crippen LogP contribution in [0.1, 0.15) is 49.9 Å². The van der Waals surface area contributed by atoms with Crippen LogP contribution in [0.25, 0.3) is 0 Å². The van der Waals surface area contributed by atoms with Crippen molar-refractivity contribution in [1.29, 1.82) is 0 Å².